The maximum Gasteiger partial charge on any atom is 0.293 e. The molecule has 3 saturated heterocycles. The van der Waals surface area contributed by atoms with Gasteiger partial charge in [0.05, 0.1) is 0 Å². The van der Waals surface area contributed by atoms with Crippen LogP contribution in [-0.4, -0.2) is 127 Å². The quantitative estimate of drug-likeness (QED) is 0.121. The van der Waals surface area contributed by atoms with E-state index in [4.69, 9.17) is 21.4 Å². The van der Waals surface area contributed by atoms with Gasteiger partial charge in [0.2, 0.25) is 0 Å². The Kier molecular flexibility index (Phi) is 14.1. The number of carbonyl (C=O) groups is 2. The molecule has 44 heavy (non-hydrogen) atoms. The number of hydrogen-bond acceptors (Lipinski definition) is 11. The number of hydroxylamine groups is 1. The smallest absolute Gasteiger partial charge is 0.293 e. The zero-order valence-electron chi connectivity index (χ0n) is 25.0. The van der Waals surface area contributed by atoms with E-state index < -0.39 is 28.8 Å². The number of benzene rings is 2. The van der Waals surface area contributed by atoms with E-state index in [1.165, 1.54) is 24.3 Å². The summed E-state index contributed by atoms with van der Waals surface area (Å²) in [5, 5.41) is 16.7. The summed E-state index contributed by atoms with van der Waals surface area (Å²) in [6.45, 7) is 7.41. The number of ether oxygens (including phenoxy) is 2. The topological polar surface area (TPSA) is 118 Å². The van der Waals surface area contributed by atoms with Crippen LogP contribution in [-0.2, 0) is 14.3 Å². The van der Waals surface area contributed by atoms with Gasteiger partial charge < -0.3 is 24.4 Å². The van der Waals surface area contributed by atoms with Gasteiger partial charge in [-0.2, -0.15) is 0 Å². The van der Waals surface area contributed by atoms with Crippen LogP contribution in [0.4, 0.5) is 8.78 Å². The normalized spacial score (nSPS) is 22.2. The molecule has 0 aromatic heterocycles. The summed E-state index contributed by atoms with van der Waals surface area (Å²) in [5.41, 5.74) is 0.785. The summed E-state index contributed by atoms with van der Waals surface area (Å²) in [6.07, 6.45) is 1.29. The van der Waals surface area contributed by atoms with E-state index in [-0.39, 0.29) is 11.8 Å². The molecule has 1 amide bonds. The van der Waals surface area contributed by atoms with Crippen molar-refractivity contribution in [3.63, 3.8) is 0 Å². The van der Waals surface area contributed by atoms with Crippen molar-refractivity contribution in [2.45, 2.75) is 29.3 Å². The first kappa shape index (κ1) is 35.9. The number of carbonyl (C=O) groups excluding carboxylic acids is 2. The van der Waals surface area contributed by atoms with Crippen LogP contribution in [0, 0.1) is 11.6 Å². The highest BCUT2D eigenvalue weighted by atomic mass is 35.5. The Morgan fingerprint density at radius 2 is 1.75 bits per heavy atom. The van der Waals surface area contributed by atoms with Crippen molar-refractivity contribution in [3.8, 4) is 11.5 Å². The Balaban J connectivity index is 0.000000317. The minimum Gasteiger partial charge on any atom is -0.467 e. The number of rotatable bonds is 9. The van der Waals surface area contributed by atoms with Gasteiger partial charge in [0.1, 0.15) is 17.9 Å². The fraction of sp³-hybridized carbons (Fsp3) is 0.517. The average Bonchev–Trinajstić information content (AvgIpc) is 3.22. The Hall–Kier alpha value is -2.56. The highest BCUT2D eigenvalue weighted by Gasteiger charge is 2.56. The number of fused-ring (bicyclic) bond motifs is 2. The van der Waals surface area contributed by atoms with Crippen molar-refractivity contribution in [2.75, 3.05) is 73.6 Å². The fourth-order valence-electron chi connectivity index (χ4n) is 5.44. The van der Waals surface area contributed by atoms with Crippen LogP contribution in [0.3, 0.4) is 0 Å². The van der Waals surface area contributed by atoms with E-state index in [0.29, 0.717) is 36.0 Å². The summed E-state index contributed by atoms with van der Waals surface area (Å²) in [6, 6.07) is 8.54. The van der Waals surface area contributed by atoms with E-state index in [9.17, 15) is 23.6 Å². The molecule has 3 heterocycles. The van der Waals surface area contributed by atoms with Gasteiger partial charge in [-0.05, 0) is 75.3 Å². The monoisotopic (exact) mass is 659 g/mol. The predicted molar refractivity (Wildman–Crippen MR) is 163 cm³/mol. The molecule has 2 aromatic rings. The first-order chi connectivity index (χ1) is 21.1. The molecule has 3 fully saturated rings. The second-order valence-corrected chi connectivity index (χ2v) is 12.1. The number of amides is 1. The first-order valence-corrected chi connectivity index (χ1v) is 15.2. The van der Waals surface area contributed by atoms with Crippen molar-refractivity contribution in [2.24, 2.45) is 0 Å². The number of aliphatic hydroxyl groups is 1. The molecule has 2 unspecified atom stereocenters. The molecular formula is C29H40ClF2N5O6S. The molecule has 0 spiro atoms. The number of hydrogen-bond donors (Lipinski definition) is 3. The van der Waals surface area contributed by atoms with E-state index in [1.54, 1.807) is 17.6 Å². The van der Waals surface area contributed by atoms with E-state index in [0.717, 1.165) is 64.7 Å². The molecule has 15 heteroatoms. The number of nitrogens with zero attached hydrogens (tertiary/aromatic N) is 4. The molecule has 244 valence electrons. The van der Waals surface area contributed by atoms with E-state index >= 15 is 0 Å². The zero-order chi connectivity index (χ0) is 32.3. The van der Waals surface area contributed by atoms with Gasteiger partial charge >= 0.3 is 0 Å². The van der Waals surface area contributed by atoms with Gasteiger partial charge in [0.15, 0.2) is 17.4 Å². The molecule has 3 aliphatic rings. The number of likely N-dealkylation sites (N-methyl/N-ethyl adjacent to an activating group) is 2. The van der Waals surface area contributed by atoms with Crippen molar-refractivity contribution in [1.82, 2.24) is 24.5 Å². The number of piperazine rings is 2. The van der Waals surface area contributed by atoms with Crippen molar-refractivity contribution < 1.29 is 38.2 Å². The standard InChI is InChI=1S/C20H20ClF2N3O3S.C8H16N2O2.CH4O/c1-25-10-13-6-7-20(11-25,19(27)24-28)26(13)30-15-8-16(22)18(17(23)9-15)29-14-4-2-12(21)3-5-14;1-9-2-4-10(5-3-9)6-7-12-8-11;1-2/h2-5,8-9,13,28H,6-7,10-11H2,1H3,(H,24,27);8H,2-7H2,1H3;2H,1H3. The van der Waals surface area contributed by atoms with Crippen LogP contribution in [0.25, 0.3) is 0 Å². The molecule has 3 N–H and O–H groups in total. The van der Waals surface area contributed by atoms with Crippen LogP contribution in [0.15, 0.2) is 41.3 Å². The van der Waals surface area contributed by atoms with E-state index in [2.05, 4.69) is 21.6 Å². The summed E-state index contributed by atoms with van der Waals surface area (Å²) in [7, 11) is 5.03. The van der Waals surface area contributed by atoms with Crippen molar-refractivity contribution >= 4 is 35.9 Å². The first-order valence-electron chi connectivity index (χ1n) is 14.1. The number of aliphatic hydroxyl groups excluding tert-OH is 1. The van der Waals surface area contributed by atoms with Gasteiger partial charge in [0, 0.05) is 68.9 Å². The average molecular weight is 660 g/mol. The molecule has 5 rings (SSSR count). The lowest BCUT2D eigenvalue weighted by atomic mass is 9.96. The number of likely N-dealkylation sites (tertiary alicyclic amines) is 1. The summed E-state index contributed by atoms with van der Waals surface area (Å²) >= 11 is 6.93. The second-order valence-electron chi connectivity index (χ2n) is 10.7. The summed E-state index contributed by atoms with van der Waals surface area (Å²) in [4.78, 5) is 29.3. The lowest BCUT2D eigenvalue weighted by Crippen LogP contribution is -2.64. The Labute approximate surface area is 265 Å². The van der Waals surface area contributed by atoms with Gasteiger partial charge in [-0.1, -0.05) is 11.6 Å². The lowest BCUT2D eigenvalue weighted by molar-refractivity contribution is -0.141. The van der Waals surface area contributed by atoms with E-state index in [1.807, 2.05) is 16.3 Å². The Bertz CT molecular complexity index is 1200. The summed E-state index contributed by atoms with van der Waals surface area (Å²) in [5.74, 6) is -2.48. The van der Waals surface area contributed by atoms with Gasteiger partial charge in [-0.25, -0.2) is 18.6 Å². The van der Waals surface area contributed by atoms with Crippen molar-refractivity contribution in [3.05, 3.63) is 53.1 Å². The molecule has 2 bridgehead atoms. The maximum atomic E-state index is 14.7. The zero-order valence-corrected chi connectivity index (χ0v) is 26.6. The highest BCUT2D eigenvalue weighted by molar-refractivity contribution is 7.97. The molecule has 0 aliphatic carbocycles. The van der Waals surface area contributed by atoms with Gasteiger partial charge in [0.25, 0.3) is 12.4 Å². The van der Waals surface area contributed by atoms with Crippen LogP contribution in [0.5, 0.6) is 11.5 Å². The third-order valence-electron chi connectivity index (χ3n) is 7.62. The molecule has 11 nitrogen and oxygen atoms in total. The lowest BCUT2D eigenvalue weighted by Gasteiger charge is -2.45. The summed E-state index contributed by atoms with van der Waals surface area (Å²) < 4.78 is 41.2. The third-order valence-corrected chi connectivity index (χ3v) is 9.16. The minimum absolute atomic E-state index is 0.0159. The molecule has 0 radical (unpaired) electrons. The predicted octanol–water partition coefficient (Wildman–Crippen LogP) is 3.09. The fourth-order valence-corrected chi connectivity index (χ4v) is 6.83. The third kappa shape index (κ3) is 9.23. The second kappa shape index (κ2) is 17.2. The largest absolute Gasteiger partial charge is 0.467 e. The maximum absolute atomic E-state index is 14.7. The van der Waals surface area contributed by atoms with Crippen LogP contribution in [0.2, 0.25) is 5.02 Å². The molecule has 3 aliphatic heterocycles. The highest BCUT2D eigenvalue weighted by Crippen LogP contribution is 2.46. The molecular weight excluding hydrogens is 620 g/mol. The van der Waals surface area contributed by atoms with Gasteiger partial charge in [-0.15, -0.1) is 0 Å². The Morgan fingerprint density at radius 1 is 1.11 bits per heavy atom. The van der Waals surface area contributed by atoms with Crippen LogP contribution in [0.1, 0.15) is 12.8 Å². The minimum atomic E-state index is -0.970. The van der Waals surface area contributed by atoms with Gasteiger partial charge in [-0.3, -0.25) is 19.7 Å². The van der Waals surface area contributed by atoms with Crippen molar-refractivity contribution in [1.29, 1.82) is 0 Å². The molecule has 2 atom stereocenters. The van der Waals surface area contributed by atoms with Crippen LogP contribution < -0.4 is 10.2 Å². The number of halogens is 3. The Morgan fingerprint density at radius 3 is 2.34 bits per heavy atom. The molecule has 0 saturated carbocycles. The number of nitrogens with one attached hydrogen (secondary N) is 1. The SMILES string of the molecule is CN1CC2CCC(C(=O)NO)(C1)N2Sc1cc(F)c(Oc2ccc(Cl)cc2)c(F)c1.CN1CCN(CCOC=O)CC1.CO. The van der Waals surface area contributed by atoms with Crippen LogP contribution >= 0.6 is 23.5 Å². The molecule has 2 aromatic carbocycles.